The van der Waals surface area contributed by atoms with Crippen LogP contribution in [-0.2, 0) is 23.8 Å². The van der Waals surface area contributed by atoms with Gasteiger partial charge in [0.1, 0.15) is 6.79 Å². The summed E-state index contributed by atoms with van der Waals surface area (Å²) in [5, 5.41) is 0. The van der Waals surface area contributed by atoms with Crippen LogP contribution in [0.2, 0.25) is 0 Å². The van der Waals surface area contributed by atoms with Crippen LogP contribution in [0.25, 0.3) is 0 Å². The number of nitrogens with zero attached hydrogens (tertiary/aromatic N) is 1. The Bertz CT molecular complexity index is 557. The Hall–Kier alpha value is -0.990. The lowest BCUT2D eigenvalue weighted by atomic mass is 10.0. The molecule has 0 aromatic heterocycles. The predicted octanol–water partition coefficient (Wildman–Crippen LogP) is 2.46. The van der Waals surface area contributed by atoms with E-state index < -0.39 is 10.1 Å². The van der Waals surface area contributed by atoms with Crippen LogP contribution in [0, 0.1) is 0 Å². The fraction of sp³-hybridized carbons (Fsp3) is 0.647. The van der Waals surface area contributed by atoms with Gasteiger partial charge >= 0.3 is 0 Å². The molecule has 138 valence electrons. The van der Waals surface area contributed by atoms with Gasteiger partial charge in [0, 0.05) is 20.2 Å². The van der Waals surface area contributed by atoms with E-state index in [-0.39, 0.29) is 18.3 Å². The molecule has 0 aliphatic carbocycles. The number of rotatable bonds is 12. The maximum atomic E-state index is 12.1. The number of likely N-dealkylation sites (N-methyl/N-ethyl adjacent to an activating group) is 1. The fourth-order valence-electron chi connectivity index (χ4n) is 2.06. The first-order chi connectivity index (χ1) is 11.4. The third-order valence-electron chi connectivity index (χ3n) is 3.58. The van der Waals surface area contributed by atoms with Crippen LogP contribution in [-0.4, -0.2) is 60.6 Å². The summed E-state index contributed by atoms with van der Waals surface area (Å²) < 4.78 is 39.4. The Labute approximate surface area is 145 Å². The maximum absolute atomic E-state index is 12.1. The zero-order chi connectivity index (χ0) is 18.0. The molecular formula is C17H29NO5S. The highest BCUT2D eigenvalue weighted by atomic mass is 32.2. The average Bonchev–Trinajstić information content (AvgIpc) is 2.56. The van der Waals surface area contributed by atoms with Crippen LogP contribution in [0.4, 0.5) is 0 Å². The third kappa shape index (κ3) is 7.72. The van der Waals surface area contributed by atoms with Crippen LogP contribution in [0.15, 0.2) is 29.2 Å². The van der Waals surface area contributed by atoms with Crippen molar-refractivity contribution in [2.75, 3.05) is 47.3 Å². The van der Waals surface area contributed by atoms with E-state index in [2.05, 4.69) is 18.7 Å². The van der Waals surface area contributed by atoms with Gasteiger partial charge in [-0.25, -0.2) is 0 Å². The van der Waals surface area contributed by atoms with Crippen LogP contribution in [0.3, 0.4) is 0 Å². The Morgan fingerprint density at radius 1 is 1.08 bits per heavy atom. The molecular weight excluding hydrogens is 330 g/mol. The normalized spacial score (nSPS) is 12.2. The lowest BCUT2D eigenvalue weighted by molar-refractivity contribution is -0.0352. The van der Waals surface area contributed by atoms with E-state index in [9.17, 15) is 8.42 Å². The molecule has 24 heavy (non-hydrogen) atoms. The smallest absolute Gasteiger partial charge is 0.296 e. The van der Waals surface area contributed by atoms with Crippen molar-refractivity contribution in [3.63, 3.8) is 0 Å². The molecule has 0 amide bonds. The van der Waals surface area contributed by atoms with Gasteiger partial charge in [-0.2, -0.15) is 8.42 Å². The first kappa shape index (κ1) is 21.1. The van der Waals surface area contributed by atoms with Crippen LogP contribution in [0.5, 0.6) is 0 Å². The van der Waals surface area contributed by atoms with Gasteiger partial charge in [-0.1, -0.05) is 26.0 Å². The summed E-state index contributed by atoms with van der Waals surface area (Å²) in [6, 6.07) is 6.86. The Kier molecular flexibility index (Phi) is 9.46. The first-order valence-electron chi connectivity index (χ1n) is 8.11. The molecule has 6 nitrogen and oxygen atoms in total. The summed E-state index contributed by atoms with van der Waals surface area (Å²) in [6.45, 7) is 6.65. The molecule has 0 spiro atoms. The zero-order valence-electron chi connectivity index (χ0n) is 15.0. The minimum absolute atomic E-state index is 0.164. The second kappa shape index (κ2) is 10.8. The van der Waals surface area contributed by atoms with E-state index in [1.165, 1.54) is 0 Å². The molecule has 0 saturated carbocycles. The molecule has 0 N–H and O–H groups in total. The second-order valence-electron chi connectivity index (χ2n) is 5.97. The van der Waals surface area contributed by atoms with Crippen molar-refractivity contribution in [1.82, 2.24) is 4.90 Å². The molecule has 0 saturated heterocycles. The number of methoxy groups -OCH3 is 1. The third-order valence-corrected chi connectivity index (χ3v) is 4.90. The van der Waals surface area contributed by atoms with Crippen LogP contribution >= 0.6 is 0 Å². The number of hydrogen-bond donors (Lipinski definition) is 0. The molecule has 1 aromatic carbocycles. The summed E-state index contributed by atoms with van der Waals surface area (Å²) >= 11 is 0. The SMILES string of the molecule is COCOCCN(C)CCCOS(=O)(=O)c1ccc(C(C)C)cc1. The highest BCUT2D eigenvalue weighted by Gasteiger charge is 2.15. The van der Waals surface area contributed by atoms with Gasteiger partial charge in [-0.15, -0.1) is 0 Å². The molecule has 0 heterocycles. The highest BCUT2D eigenvalue weighted by molar-refractivity contribution is 7.86. The Balaban J connectivity index is 2.32. The molecule has 0 aliphatic heterocycles. The van der Waals surface area contributed by atoms with Gasteiger partial charge in [0.05, 0.1) is 18.1 Å². The van der Waals surface area contributed by atoms with Gasteiger partial charge < -0.3 is 14.4 Å². The highest BCUT2D eigenvalue weighted by Crippen LogP contribution is 2.18. The lowest BCUT2D eigenvalue weighted by Crippen LogP contribution is -2.25. The van der Waals surface area contributed by atoms with Gasteiger partial charge in [0.25, 0.3) is 10.1 Å². The lowest BCUT2D eigenvalue weighted by Gasteiger charge is -2.16. The second-order valence-corrected chi connectivity index (χ2v) is 7.59. The average molecular weight is 359 g/mol. The molecule has 0 fully saturated rings. The molecule has 7 heteroatoms. The van der Waals surface area contributed by atoms with E-state index in [0.717, 1.165) is 18.7 Å². The van der Waals surface area contributed by atoms with E-state index in [1.807, 2.05) is 19.2 Å². The Morgan fingerprint density at radius 2 is 1.75 bits per heavy atom. The standard InChI is InChI=1S/C17H29NO5S/c1-15(2)16-6-8-17(9-7-16)24(19,20)23-12-5-10-18(3)11-13-22-14-21-4/h6-9,15H,5,10-14H2,1-4H3. The van der Waals surface area contributed by atoms with Crippen molar-refractivity contribution in [3.8, 4) is 0 Å². The van der Waals surface area contributed by atoms with Crippen molar-refractivity contribution in [3.05, 3.63) is 29.8 Å². The first-order valence-corrected chi connectivity index (χ1v) is 9.52. The van der Waals surface area contributed by atoms with Crippen molar-refractivity contribution in [2.45, 2.75) is 31.1 Å². The summed E-state index contributed by atoms with van der Waals surface area (Å²) in [5.41, 5.74) is 1.10. The van der Waals surface area contributed by atoms with E-state index in [1.54, 1.807) is 19.2 Å². The monoisotopic (exact) mass is 359 g/mol. The minimum Gasteiger partial charge on any atom is -0.359 e. The summed E-state index contributed by atoms with van der Waals surface area (Å²) in [5.74, 6) is 0.367. The van der Waals surface area contributed by atoms with Crippen molar-refractivity contribution < 1.29 is 22.1 Å². The van der Waals surface area contributed by atoms with Gasteiger partial charge in [-0.05, 0) is 37.1 Å². The van der Waals surface area contributed by atoms with Crippen molar-refractivity contribution >= 4 is 10.1 Å². The molecule has 0 radical (unpaired) electrons. The maximum Gasteiger partial charge on any atom is 0.296 e. The van der Waals surface area contributed by atoms with E-state index in [0.29, 0.717) is 18.9 Å². The summed E-state index contributed by atoms with van der Waals surface area (Å²) in [4.78, 5) is 2.26. The molecule has 0 bridgehead atoms. The molecule has 0 unspecified atom stereocenters. The van der Waals surface area contributed by atoms with Crippen molar-refractivity contribution in [2.24, 2.45) is 0 Å². The van der Waals surface area contributed by atoms with E-state index in [4.69, 9.17) is 13.7 Å². The predicted molar refractivity (Wildman–Crippen MR) is 93.6 cm³/mol. The Morgan fingerprint density at radius 3 is 2.33 bits per heavy atom. The quantitative estimate of drug-likeness (QED) is 0.324. The largest absolute Gasteiger partial charge is 0.359 e. The summed E-state index contributed by atoms with van der Waals surface area (Å²) in [7, 11) is -0.150. The number of hydrogen-bond acceptors (Lipinski definition) is 6. The topological polar surface area (TPSA) is 65.1 Å². The molecule has 0 aliphatic rings. The van der Waals surface area contributed by atoms with Gasteiger partial charge in [0.2, 0.25) is 0 Å². The van der Waals surface area contributed by atoms with Gasteiger partial charge in [0.15, 0.2) is 0 Å². The minimum atomic E-state index is -3.68. The van der Waals surface area contributed by atoms with Crippen LogP contribution < -0.4 is 0 Å². The molecule has 1 aromatic rings. The summed E-state index contributed by atoms with van der Waals surface area (Å²) in [6.07, 6.45) is 0.629. The molecule has 0 atom stereocenters. The van der Waals surface area contributed by atoms with Crippen molar-refractivity contribution in [1.29, 1.82) is 0 Å². The fourth-order valence-corrected chi connectivity index (χ4v) is 3.01. The molecule has 1 rings (SSSR count). The van der Waals surface area contributed by atoms with Gasteiger partial charge in [-0.3, -0.25) is 4.18 Å². The zero-order valence-corrected chi connectivity index (χ0v) is 15.8. The number of ether oxygens (including phenoxy) is 2. The van der Waals surface area contributed by atoms with Crippen LogP contribution in [0.1, 0.15) is 31.7 Å². The van der Waals surface area contributed by atoms with E-state index >= 15 is 0 Å². The number of benzene rings is 1.